The minimum atomic E-state index is 0.542. The molecule has 3 heteroatoms. The van der Waals surface area contributed by atoms with Gasteiger partial charge in [0, 0.05) is 17.6 Å². The molecule has 2 nitrogen and oxygen atoms in total. The van der Waals surface area contributed by atoms with Gasteiger partial charge in [0.1, 0.15) is 12.4 Å². The number of benzene rings is 2. The van der Waals surface area contributed by atoms with E-state index in [1.807, 2.05) is 36.4 Å². The highest BCUT2D eigenvalue weighted by Crippen LogP contribution is 2.20. The molecule has 3 rings (SSSR count). The zero-order chi connectivity index (χ0) is 13.8. The van der Waals surface area contributed by atoms with Crippen LogP contribution >= 0.6 is 11.6 Å². The Bertz CT molecular complexity index is 563. The zero-order valence-electron chi connectivity index (χ0n) is 11.3. The first-order valence-corrected chi connectivity index (χ1v) is 7.37. The minimum Gasteiger partial charge on any atom is -0.489 e. The van der Waals surface area contributed by atoms with E-state index >= 15 is 0 Å². The third kappa shape index (κ3) is 3.99. The van der Waals surface area contributed by atoms with Crippen molar-refractivity contribution in [1.82, 2.24) is 5.32 Å². The van der Waals surface area contributed by atoms with Crippen LogP contribution < -0.4 is 10.1 Å². The molecule has 0 aromatic heterocycles. The maximum atomic E-state index is 5.95. The summed E-state index contributed by atoms with van der Waals surface area (Å²) in [6.45, 7) is 1.49. The van der Waals surface area contributed by atoms with Crippen LogP contribution in [-0.2, 0) is 13.2 Å². The van der Waals surface area contributed by atoms with Crippen LogP contribution in [0.2, 0.25) is 5.02 Å². The van der Waals surface area contributed by atoms with Crippen molar-refractivity contribution in [1.29, 1.82) is 0 Å². The normalized spacial score (nSPS) is 14.2. The summed E-state index contributed by atoms with van der Waals surface area (Å²) in [6, 6.07) is 16.8. The third-order valence-corrected chi connectivity index (χ3v) is 3.63. The second-order valence-electron chi connectivity index (χ2n) is 5.22. The van der Waals surface area contributed by atoms with Gasteiger partial charge in [-0.15, -0.1) is 0 Å². The molecule has 0 aliphatic heterocycles. The van der Waals surface area contributed by atoms with Gasteiger partial charge < -0.3 is 10.1 Å². The lowest BCUT2D eigenvalue weighted by Gasteiger charge is -2.08. The molecule has 0 heterocycles. The van der Waals surface area contributed by atoms with E-state index in [-0.39, 0.29) is 0 Å². The molecule has 1 aliphatic rings. The van der Waals surface area contributed by atoms with Gasteiger partial charge in [-0.2, -0.15) is 0 Å². The quantitative estimate of drug-likeness (QED) is 0.861. The summed E-state index contributed by atoms with van der Waals surface area (Å²) < 4.78 is 5.76. The van der Waals surface area contributed by atoms with E-state index in [4.69, 9.17) is 16.3 Å². The summed E-state index contributed by atoms with van der Waals surface area (Å²) in [4.78, 5) is 0. The molecule has 0 spiro atoms. The highest BCUT2D eigenvalue weighted by atomic mass is 35.5. The summed E-state index contributed by atoms with van der Waals surface area (Å²) >= 11 is 5.95. The minimum absolute atomic E-state index is 0.542. The van der Waals surface area contributed by atoms with Crippen LogP contribution in [0.5, 0.6) is 5.75 Å². The molecular formula is C17H18ClNO. The van der Waals surface area contributed by atoms with Gasteiger partial charge in [-0.25, -0.2) is 0 Å². The van der Waals surface area contributed by atoms with Gasteiger partial charge in [0.25, 0.3) is 0 Å². The largest absolute Gasteiger partial charge is 0.489 e. The molecule has 0 bridgehead atoms. The van der Waals surface area contributed by atoms with Crippen molar-refractivity contribution < 1.29 is 4.74 Å². The second-order valence-corrected chi connectivity index (χ2v) is 5.65. The standard InChI is InChI=1S/C17H18ClNO/c18-15-3-1-2-14(10-15)12-20-17-8-4-13(5-9-17)11-19-16-6-7-16/h1-5,8-10,16,19H,6-7,11-12H2. The van der Waals surface area contributed by atoms with Crippen molar-refractivity contribution in [3.63, 3.8) is 0 Å². The Balaban J connectivity index is 1.52. The summed E-state index contributed by atoms with van der Waals surface area (Å²) in [5, 5.41) is 4.24. The first-order valence-electron chi connectivity index (χ1n) is 6.99. The van der Waals surface area contributed by atoms with Crippen molar-refractivity contribution >= 4 is 11.6 Å². The van der Waals surface area contributed by atoms with E-state index in [1.54, 1.807) is 0 Å². The van der Waals surface area contributed by atoms with Crippen LogP contribution in [0.15, 0.2) is 48.5 Å². The molecule has 1 fully saturated rings. The molecule has 104 valence electrons. The maximum absolute atomic E-state index is 5.95. The molecule has 20 heavy (non-hydrogen) atoms. The summed E-state index contributed by atoms with van der Waals surface area (Å²) in [5.41, 5.74) is 2.38. The zero-order valence-corrected chi connectivity index (χ0v) is 12.1. The SMILES string of the molecule is Clc1cccc(COc2ccc(CNC3CC3)cc2)c1. The van der Waals surface area contributed by atoms with Gasteiger partial charge in [0.2, 0.25) is 0 Å². The van der Waals surface area contributed by atoms with E-state index in [0.29, 0.717) is 6.61 Å². The predicted octanol–water partition coefficient (Wildman–Crippen LogP) is 4.17. The monoisotopic (exact) mass is 287 g/mol. The van der Waals surface area contributed by atoms with Gasteiger partial charge in [-0.05, 0) is 48.2 Å². The van der Waals surface area contributed by atoms with Crippen molar-refractivity contribution in [3.05, 3.63) is 64.7 Å². The van der Waals surface area contributed by atoms with Crippen LogP contribution in [0.25, 0.3) is 0 Å². The number of rotatable bonds is 6. The molecule has 0 atom stereocenters. The van der Waals surface area contributed by atoms with Gasteiger partial charge in [-0.1, -0.05) is 35.9 Å². The summed E-state index contributed by atoms with van der Waals surface area (Å²) in [7, 11) is 0. The number of ether oxygens (including phenoxy) is 1. The van der Waals surface area contributed by atoms with E-state index in [0.717, 1.165) is 28.9 Å². The van der Waals surface area contributed by atoms with E-state index in [1.165, 1.54) is 18.4 Å². The van der Waals surface area contributed by atoms with E-state index in [2.05, 4.69) is 17.4 Å². The molecule has 1 saturated carbocycles. The summed E-state index contributed by atoms with van der Waals surface area (Å²) in [5.74, 6) is 0.889. The smallest absolute Gasteiger partial charge is 0.119 e. The van der Waals surface area contributed by atoms with Crippen LogP contribution in [0.4, 0.5) is 0 Å². The second kappa shape index (κ2) is 6.29. The van der Waals surface area contributed by atoms with Gasteiger partial charge in [0.15, 0.2) is 0 Å². The summed E-state index contributed by atoms with van der Waals surface area (Å²) in [6.07, 6.45) is 2.64. The van der Waals surface area contributed by atoms with Crippen molar-refractivity contribution in [2.75, 3.05) is 0 Å². The Labute approximate surface area is 124 Å². The van der Waals surface area contributed by atoms with Crippen LogP contribution in [0.3, 0.4) is 0 Å². The predicted molar refractivity (Wildman–Crippen MR) is 82.1 cm³/mol. The number of nitrogens with one attached hydrogen (secondary N) is 1. The van der Waals surface area contributed by atoms with Gasteiger partial charge in [-0.3, -0.25) is 0 Å². The number of halogens is 1. The fourth-order valence-electron chi connectivity index (χ4n) is 2.05. The van der Waals surface area contributed by atoms with Gasteiger partial charge >= 0.3 is 0 Å². The maximum Gasteiger partial charge on any atom is 0.119 e. The number of hydrogen-bond acceptors (Lipinski definition) is 2. The van der Waals surface area contributed by atoms with E-state index < -0.39 is 0 Å². The first kappa shape index (κ1) is 13.5. The van der Waals surface area contributed by atoms with Crippen LogP contribution in [-0.4, -0.2) is 6.04 Å². The highest BCUT2D eigenvalue weighted by Gasteiger charge is 2.19. The fraction of sp³-hybridized carbons (Fsp3) is 0.294. The lowest BCUT2D eigenvalue weighted by atomic mass is 10.2. The fourth-order valence-corrected chi connectivity index (χ4v) is 2.26. The van der Waals surface area contributed by atoms with Crippen LogP contribution in [0.1, 0.15) is 24.0 Å². The van der Waals surface area contributed by atoms with Crippen molar-refractivity contribution in [3.8, 4) is 5.75 Å². The lowest BCUT2D eigenvalue weighted by Crippen LogP contribution is -2.15. The Morgan fingerprint density at radius 3 is 2.55 bits per heavy atom. The lowest BCUT2D eigenvalue weighted by molar-refractivity contribution is 0.306. The molecule has 2 aromatic rings. The molecule has 0 saturated heterocycles. The van der Waals surface area contributed by atoms with E-state index in [9.17, 15) is 0 Å². The van der Waals surface area contributed by atoms with Crippen molar-refractivity contribution in [2.24, 2.45) is 0 Å². The molecule has 0 radical (unpaired) electrons. The first-order chi connectivity index (χ1) is 9.79. The Morgan fingerprint density at radius 1 is 1.05 bits per heavy atom. The molecule has 2 aromatic carbocycles. The topological polar surface area (TPSA) is 21.3 Å². The van der Waals surface area contributed by atoms with Crippen LogP contribution in [0, 0.1) is 0 Å². The average Bonchev–Trinajstić information content (AvgIpc) is 3.28. The Hall–Kier alpha value is -1.51. The molecule has 0 amide bonds. The molecular weight excluding hydrogens is 270 g/mol. The highest BCUT2D eigenvalue weighted by molar-refractivity contribution is 6.30. The van der Waals surface area contributed by atoms with Gasteiger partial charge in [0.05, 0.1) is 0 Å². The average molecular weight is 288 g/mol. The third-order valence-electron chi connectivity index (χ3n) is 3.39. The Kier molecular flexibility index (Phi) is 4.24. The molecule has 1 aliphatic carbocycles. The Morgan fingerprint density at radius 2 is 1.85 bits per heavy atom. The number of hydrogen-bond donors (Lipinski definition) is 1. The van der Waals surface area contributed by atoms with Crippen molar-refractivity contribution in [2.45, 2.75) is 32.0 Å². The molecule has 0 unspecified atom stereocenters. The molecule has 1 N–H and O–H groups in total.